The fourth-order valence-corrected chi connectivity index (χ4v) is 2.54. The summed E-state index contributed by atoms with van der Waals surface area (Å²) in [5.74, 6) is 1.19. The van der Waals surface area contributed by atoms with Gasteiger partial charge in [-0.1, -0.05) is 15.9 Å². The lowest BCUT2D eigenvalue weighted by Crippen LogP contribution is -2.02. The van der Waals surface area contributed by atoms with Gasteiger partial charge in [0.25, 0.3) is 0 Å². The summed E-state index contributed by atoms with van der Waals surface area (Å²) in [4.78, 5) is 0. The Hall–Kier alpha value is -0.800. The van der Waals surface area contributed by atoms with E-state index in [9.17, 15) is 0 Å². The number of hydrogen-bond donors (Lipinski definition) is 0. The van der Waals surface area contributed by atoms with Gasteiger partial charge in [-0.2, -0.15) is 5.10 Å². The lowest BCUT2D eigenvalue weighted by atomic mass is 10.2. The summed E-state index contributed by atoms with van der Waals surface area (Å²) < 4.78 is 3.11. The van der Waals surface area contributed by atoms with Crippen molar-refractivity contribution in [2.24, 2.45) is 0 Å². The Morgan fingerprint density at radius 3 is 2.59 bits per heavy atom. The summed E-state index contributed by atoms with van der Waals surface area (Å²) in [6.45, 7) is 0. The van der Waals surface area contributed by atoms with Crippen molar-refractivity contribution in [2.75, 3.05) is 0 Å². The molecule has 2 aromatic rings. The minimum Gasteiger partial charge on any atom is -0.237 e. The molecule has 2 nitrogen and oxygen atoms in total. The van der Waals surface area contributed by atoms with Crippen molar-refractivity contribution >= 4 is 27.5 Å². The first-order chi connectivity index (χ1) is 8.29. The smallest absolute Gasteiger partial charge is 0.0649 e. The number of halogens is 2. The Kier molecular flexibility index (Phi) is 2.97. The van der Waals surface area contributed by atoms with Crippen molar-refractivity contribution in [1.82, 2.24) is 9.78 Å². The molecule has 4 heteroatoms. The van der Waals surface area contributed by atoms with Gasteiger partial charge in [-0.15, -0.1) is 11.6 Å². The third-order valence-corrected chi connectivity index (χ3v) is 3.88. The van der Waals surface area contributed by atoms with Gasteiger partial charge in [-0.3, -0.25) is 0 Å². The molecule has 1 saturated carbocycles. The molecule has 0 spiro atoms. The third-order valence-electron chi connectivity index (χ3n) is 3.07. The molecule has 1 aliphatic rings. The SMILES string of the molecule is ClCc1cnn(-c2ccc(Br)cc2)c1C1CC1. The standard InChI is InChI=1S/C13H12BrClN2/c14-11-3-5-12(6-4-11)17-13(9-1-2-9)10(7-15)8-16-17/h3-6,8-9H,1-2,7H2. The molecule has 0 amide bonds. The molecule has 1 heterocycles. The number of alkyl halides is 1. The highest BCUT2D eigenvalue weighted by Crippen LogP contribution is 2.42. The normalized spacial score (nSPS) is 15.2. The molecule has 88 valence electrons. The quantitative estimate of drug-likeness (QED) is 0.775. The number of benzene rings is 1. The van der Waals surface area contributed by atoms with Gasteiger partial charge in [0.15, 0.2) is 0 Å². The second kappa shape index (κ2) is 4.46. The van der Waals surface area contributed by atoms with Gasteiger partial charge in [-0.25, -0.2) is 4.68 Å². The van der Waals surface area contributed by atoms with Crippen molar-refractivity contribution in [3.05, 3.63) is 46.2 Å². The van der Waals surface area contributed by atoms with Crippen LogP contribution in [0.2, 0.25) is 0 Å². The molecule has 0 N–H and O–H groups in total. The van der Waals surface area contributed by atoms with Crippen LogP contribution in [-0.2, 0) is 5.88 Å². The van der Waals surface area contributed by atoms with Gasteiger partial charge in [0, 0.05) is 16.0 Å². The molecule has 17 heavy (non-hydrogen) atoms. The van der Waals surface area contributed by atoms with E-state index < -0.39 is 0 Å². The average Bonchev–Trinajstić information content (AvgIpc) is 3.10. The molecule has 1 aliphatic carbocycles. The topological polar surface area (TPSA) is 17.8 Å². The fourth-order valence-electron chi connectivity index (χ4n) is 2.07. The van der Waals surface area contributed by atoms with Crippen molar-refractivity contribution in [1.29, 1.82) is 0 Å². The largest absolute Gasteiger partial charge is 0.237 e. The van der Waals surface area contributed by atoms with E-state index in [4.69, 9.17) is 11.6 Å². The number of nitrogens with zero attached hydrogens (tertiary/aromatic N) is 2. The summed E-state index contributed by atoms with van der Waals surface area (Å²) in [5.41, 5.74) is 3.56. The van der Waals surface area contributed by atoms with Crippen LogP contribution in [-0.4, -0.2) is 9.78 Å². The maximum absolute atomic E-state index is 5.97. The zero-order valence-electron chi connectivity index (χ0n) is 9.24. The Morgan fingerprint density at radius 2 is 2.00 bits per heavy atom. The Balaban J connectivity index is 2.07. The van der Waals surface area contributed by atoms with E-state index in [2.05, 4.69) is 33.2 Å². The Morgan fingerprint density at radius 1 is 1.29 bits per heavy atom. The first kappa shape index (κ1) is 11.3. The van der Waals surface area contributed by atoms with E-state index >= 15 is 0 Å². The molecule has 1 aromatic carbocycles. The molecule has 0 unspecified atom stereocenters. The molecule has 1 fully saturated rings. The van der Waals surface area contributed by atoms with Gasteiger partial charge in [0.1, 0.15) is 0 Å². The predicted octanol–water partition coefficient (Wildman–Crippen LogP) is 4.25. The Labute approximate surface area is 114 Å². The minimum absolute atomic E-state index is 0.544. The van der Waals surface area contributed by atoms with E-state index in [0.717, 1.165) is 15.7 Å². The van der Waals surface area contributed by atoms with Gasteiger partial charge >= 0.3 is 0 Å². The van der Waals surface area contributed by atoms with Crippen LogP contribution >= 0.6 is 27.5 Å². The summed E-state index contributed by atoms with van der Waals surface area (Å²) in [6, 6.07) is 8.21. The lowest BCUT2D eigenvalue weighted by Gasteiger charge is -2.08. The van der Waals surface area contributed by atoms with Crippen LogP contribution in [0.1, 0.15) is 30.0 Å². The van der Waals surface area contributed by atoms with E-state index in [1.807, 2.05) is 23.0 Å². The van der Waals surface area contributed by atoms with Crippen molar-refractivity contribution in [2.45, 2.75) is 24.6 Å². The third kappa shape index (κ3) is 2.14. The maximum Gasteiger partial charge on any atom is 0.0649 e. The zero-order chi connectivity index (χ0) is 11.8. The highest BCUT2D eigenvalue weighted by molar-refractivity contribution is 9.10. The molecule has 0 aliphatic heterocycles. The summed E-state index contributed by atoms with van der Waals surface area (Å²) in [7, 11) is 0. The predicted molar refractivity (Wildman–Crippen MR) is 72.8 cm³/mol. The molecule has 0 bridgehead atoms. The molecule has 1 aromatic heterocycles. The van der Waals surface area contributed by atoms with Crippen LogP contribution in [0, 0.1) is 0 Å². The van der Waals surface area contributed by atoms with Crippen LogP contribution < -0.4 is 0 Å². The first-order valence-corrected chi connectivity index (χ1v) is 7.01. The van der Waals surface area contributed by atoms with Crippen molar-refractivity contribution in [3.8, 4) is 5.69 Å². The molecular weight excluding hydrogens is 300 g/mol. The zero-order valence-corrected chi connectivity index (χ0v) is 11.6. The highest BCUT2D eigenvalue weighted by Gasteiger charge is 2.30. The molecule has 0 saturated heterocycles. The van der Waals surface area contributed by atoms with Gasteiger partial charge in [0.05, 0.1) is 23.5 Å². The number of rotatable bonds is 3. The van der Waals surface area contributed by atoms with Gasteiger partial charge in [0.2, 0.25) is 0 Å². The summed E-state index contributed by atoms with van der Waals surface area (Å²) in [6.07, 6.45) is 4.40. The van der Waals surface area contributed by atoms with Crippen LogP contribution in [0.3, 0.4) is 0 Å². The minimum atomic E-state index is 0.544. The first-order valence-electron chi connectivity index (χ1n) is 5.68. The molecule has 0 radical (unpaired) electrons. The second-order valence-electron chi connectivity index (χ2n) is 4.35. The molecule has 3 rings (SSSR count). The van der Waals surface area contributed by atoms with Gasteiger partial charge in [-0.05, 0) is 37.1 Å². The maximum atomic E-state index is 5.97. The second-order valence-corrected chi connectivity index (χ2v) is 5.53. The average molecular weight is 312 g/mol. The van der Waals surface area contributed by atoms with E-state index in [1.165, 1.54) is 18.5 Å². The van der Waals surface area contributed by atoms with Gasteiger partial charge < -0.3 is 0 Å². The summed E-state index contributed by atoms with van der Waals surface area (Å²) in [5, 5.41) is 4.47. The highest BCUT2D eigenvalue weighted by atomic mass is 79.9. The van der Waals surface area contributed by atoms with E-state index in [-0.39, 0.29) is 0 Å². The van der Waals surface area contributed by atoms with Crippen LogP contribution in [0.4, 0.5) is 0 Å². The van der Waals surface area contributed by atoms with E-state index in [0.29, 0.717) is 11.8 Å². The van der Waals surface area contributed by atoms with Crippen LogP contribution in [0.15, 0.2) is 34.9 Å². The van der Waals surface area contributed by atoms with Crippen molar-refractivity contribution in [3.63, 3.8) is 0 Å². The molecular formula is C13H12BrClN2. The lowest BCUT2D eigenvalue weighted by molar-refractivity contribution is 0.805. The summed E-state index contributed by atoms with van der Waals surface area (Å²) >= 11 is 9.41. The monoisotopic (exact) mass is 310 g/mol. The number of hydrogen-bond acceptors (Lipinski definition) is 1. The van der Waals surface area contributed by atoms with Crippen molar-refractivity contribution < 1.29 is 0 Å². The Bertz CT molecular complexity index is 529. The fraction of sp³-hybridized carbons (Fsp3) is 0.308. The van der Waals surface area contributed by atoms with E-state index in [1.54, 1.807) is 0 Å². The number of aromatic nitrogens is 2. The molecule has 0 atom stereocenters. The van der Waals surface area contributed by atoms with Crippen LogP contribution in [0.5, 0.6) is 0 Å². The van der Waals surface area contributed by atoms with Crippen LogP contribution in [0.25, 0.3) is 5.69 Å².